The van der Waals surface area contributed by atoms with Crippen molar-refractivity contribution in [3.05, 3.63) is 71.2 Å². The zero-order valence-corrected chi connectivity index (χ0v) is 22.3. The average molecular weight is 528 g/mol. The van der Waals surface area contributed by atoms with E-state index in [0.717, 1.165) is 41.8 Å². The first-order valence-corrected chi connectivity index (χ1v) is 13.6. The van der Waals surface area contributed by atoms with Crippen LogP contribution in [0.5, 0.6) is 11.5 Å². The lowest BCUT2D eigenvalue weighted by molar-refractivity contribution is 0.0895. The fourth-order valence-corrected chi connectivity index (χ4v) is 6.22. The predicted octanol–water partition coefficient (Wildman–Crippen LogP) is 6.29. The highest BCUT2D eigenvalue weighted by Crippen LogP contribution is 2.46. The monoisotopic (exact) mass is 527 g/mol. The number of likely N-dealkylation sites (N-methyl/N-ethyl adjacent to an activating group) is 1. The number of hydrogen-bond donors (Lipinski definition) is 2. The third-order valence-electron chi connectivity index (χ3n) is 7.37. The van der Waals surface area contributed by atoms with Gasteiger partial charge in [-0.1, -0.05) is 18.2 Å². The van der Waals surface area contributed by atoms with E-state index >= 15 is 0 Å². The Labute approximate surface area is 225 Å². The zero-order chi connectivity index (χ0) is 26.4. The van der Waals surface area contributed by atoms with Gasteiger partial charge in [0.15, 0.2) is 0 Å². The highest BCUT2D eigenvalue weighted by atomic mass is 32.1. The quantitative estimate of drug-likeness (QED) is 0.318. The number of rotatable bonds is 5. The Morgan fingerprint density at radius 3 is 2.68 bits per heavy atom. The van der Waals surface area contributed by atoms with Gasteiger partial charge in [-0.2, -0.15) is 0 Å². The molecule has 1 unspecified atom stereocenters. The van der Waals surface area contributed by atoms with Crippen molar-refractivity contribution in [3.8, 4) is 11.5 Å². The smallest absolute Gasteiger partial charge is 0.331 e. The molecule has 4 heterocycles. The van der Waals surface area contributed by atoms with Crippen LogP contribution in [0.1, 0.15) is 35.0 Å². The summed E-state index contributed by atoms with van der Waals surface area (Å²) in [7, 11) is 2.08. The number of likely N-dealkylation sites (tertiary alicyclic amines) is 1. The van der Waals surface area contributed by atoms with E-state index in [4.69, 9.17) is 4.74 Å². The van der Waals surface area contributed by atoms with Crippen molar-refractivity contribution >= 4 is 50.6 Å². The van der Waals surface area contributed by atoms with Crippen molar-refractivity contribution in [2.45, 2.75) is 38.8 Å². The normalized spacial score (nSPS) is 19.3. The molecule has 0 bridgehead atoms. The number of ether oxygens (including phenoxy) is 1. The molecule has 194 valence electrons. The molecule has 38 heavy (non-hydrogen) atoms. The number of aromatic nitrogens is 1. The molecule has 6 rings (SSSR count). The van der Waals surface area contributed by atoms with E-state index in [1.54, 1.807) is 11.1 Å². The van der Waals surface area contributed by atoms with Gasteiger partial charge in [0.25, 0.3) is 5.91 Å². The Hall–Kier alpha value is -3.95. The van der Waals surface area contributed by atoms with Gasteiger partial charge in [0.1, 0.15) is 21.2 Å². The van der Waals surface area contributed by atoms with E-state index in [1.165, 1.54) is 11.3 Å². The minimum atomic E-state index is -0.316. The van der Waals surface area contributed by atoms with Crippen LogP contribution in [-0.2, 0) is 0 Å². The molecule has 2 N–H and O–H groups in total. The maximum atomic E-state index is 13.5. The molecule has 0 spiro atoms. The van der Waals surface area contributed by atoms with Crippen LogP contribution in [0, 0.1) is 6.92 Å². The van der Waals surface area contributed by atoms with Crippen LogP contribution in [0.4, 0.5) is 21.9 Å². The molecule has 3 amide bonds. The zero-order valence-electron chi connectivity index (χ0n) is 21.5. The lowest BCUT2D eigenvalue weighted by atomic mass is 10.00. The van der Waals surface area contributed by atoms with Crippen LogP contribution in [0.15, 0.2) is 60.8 Å². The summed E-state index contributed by atoms with van der Waals surface area (Å²) in [6.45, 7) is 4.96. The number of piperidine rings is 1. The number of nitrogens with one attached hydrogen (secondary N) is 2. The minimum Gasteiger partial charge on any atom is -0.457 e. The number of urea groups is 1. The van der Waals surface area contributed by atoms with Crippen LogP contribution in [0.25, 0.3) is 10.2 Å². The van der Waals surface area contributed by atoms with E-state index in [2.05, 4.69) is 34.5 Å². The van der Waals surface area contributed by atoms with Crippen LogP contribution in [-0.4, -0.2) is 47.5 Å². The fourth-order valence-electron chi connectivity index (χ4n) is 5.20. The Balaban J connectivity index is 1.31. The molecule has 0 radical (unpaired) electrons. The second kappa shape index (κ2) is 9.74. The van der Waals surface area contributed by atoms with Crippen molar-refractivity contribution in [1.82, 2.24) is 15.2 Å². The van der Waals surface area contributed by atoms with E-state index in [0.29, 0.717) is 32.9 Å². The van der Waals surface area contributed by atoms with E-state index in [-0.39, 0.29) is 18.0 Å². The Bertz CT molecular complexity index is 1540. The van der Waals surface area contributed by atoms with Gasteiger partial charge in [-0.3, -0.25) is 9.69 Å². The van der Waals surface area contributed by atoms with Gasteiger partial charge in [0.05, 0.1) is 22.4 Å². The van der Waals surface area contributed by atoms with Gasteiger partial charge >= 0.3 is 6.03 Å². The molecule has 4 aromatic rings. The summed E-state index contributed by atoms with van der Waals surface area (Å²) < 4.78 is 5.97. The number of para-hydroxylation sites is 1. The number of nitrogens with zero attached hydrogens (tertiary/aromatic N) is 3. The number of thiophene rings is 1. The average Bonchev–Trinajstić information content (AvgIpc) is 3.27. The number of aryl methyl sites for hydroxylation is 1. The van der Waals surface area contributed by atoms with Crippen LogP contribution in [0.3, 0.4) is 0 Å². The first kappa shape index (κ1) is 24.4. The van der Waals surface area contributed by atoms with Crippen molar-refractivity contribution in [2.75, 3.05) is 23.8 Å². The molecule has 8 nitrogen and oxygen atoms in total. The Morgan fingerprint density at radius 2 is 1.92 bits per heavy atom. The molecule has 1 fully saturated rings. The lowest BCUT2D eigenvalue weighted by Gasteiger charge is -2.35. The van der Waals surface area contributed by atoms with Crippen LogP contribution in [0.2, 0.25) is 0 Å². The highest BCUT2D eigenvalue weighted by Gasteiger charge is 2.34. The molecule has 2 aliphatic heterocycles. The minimum absolute atomic E-state index is 0.0728. The fraction of sp³-hybridized carbons (Fsp3) is 0.276. The van der Waals surface area contributed by atoms with Crippen molar-refractivity contribution in [2.24, 2.45) is 0 Å². The van der Waals surface area contributed by atoms with E-state index < -0.39 is 0 Å². The maximum Gasteiger partial charge on any atom is 0.331 e. The SMILES string of the molecule is Cc1cc(Oc2ccccc2)ccc1N1C(=O)Nc2c(C(=O)NC3CC[C@@H](C)N(C)C3)sc3nccc1c23. The summed E-state index contributed by atoms with van der Waals surface area (Å²) in [5.41, 5.74) is 2.85. The number of anilines is 3. The van der Waals surface area contributed by atoms with Gasteiger partial charge in [0.2, 0.25) is 0 Å². The first-order valence-electron chi connectivity index (χ1n) is 12.8. The molecule has 0 aliphatic carbocycles. The molecular formula is C29H29N5O3S. The van der Waals surface area contributed by atoms with E-state index in [1.807, 2.05) is 61.5 Å². The number of carbonyl (C=O) groups excluding carboxylic acids is 2. The van der Waals surface area contributed by atoms with Crippen molar-refractivity contribution < 1.29 is 14.3 Å². The molecule has 2 aliphatic rings. The number of hydrogen-bond acceptors (Lipinski definition) is 6. The summed E-state index contributed by atoms with van der Waals surface area (Å²) >= 11 is 1.31. The van der Waals surface area contributed by atoms with Gasteiger partial charge in [-0.15, -0.1) is 11.3 Å². The van der Waals surface area contributed by atoms with Crippen molar-refractivity contribution in [3.63, 3.8) is 0 Å². The van der Waals surface area contributed by atoms with Crippen LogP contribution < -0.4 is 20.3 Å². The third-order valence-corrected chi connectivity index (χ3v) is 8.47. The van der Waals surface area contributed by atoms with Gasteiger partial charge < -0.3 is 20.3 Å². The molecule has 2 aromatic heterocycles. The Morgan fingerprint density at radius 1 is 1.11 bits per heavy atom. The first-order chi connectivity index (χ1) is 18.4. The maximum absolute atomic E-state index is 13.5. The van der Waals surface area contributed by atoms with Gasteiger partial charge in [0, 0.05) is 24.8 Å². The second-order valence-electron chi connectivity index (χ2n) is 9.98. The Kier molecular flexibility index (Phi) is 6.25. The predicted molar refractivity (Wildman–Crippen MR) is 151 cm³/mol. The second-order valence-corrected chi connectivity index (χ2v) is 11.0. The number of benzene rings is 2. The summed E-state index contributed by atoms with van der Waals surface area (Å²) in [5, 5.41) is 6.95. The van der Waals surface area contributed by atoms with Crippen LogP contribution >= 0.6 is 11.3 Å². The summed E-state index contributed by atoms with van der Waals surface area (Å²) in [6.07, 6.45) is 3.65. The number of pyridine rings is 1. The molecule has 0 saturated carbocycles. The molecular weight excluding hydrogens is 498 g/mol. The topological polar surface area (TPSA) is 86.8 Å². The van der Waals surface area contributed by atoms with E-state index in [9.17, 15) is 9.59 Å². The van der Waals surface area contributed by atoms with Gasteiger partial charge in [-0.05, 0) is 75.7 Å². The molecule has 9 heteroatoms. The number of amides is 3. The molecule has 2 atom stereocenters. The molecule has 2 aromatic carbocycles. The van der Waals surface area contributed by atoms with Crippen molar-refractivity contribution in [1.29, 1.82) is 0 Å². The molecule has 1 saturated heterocycles. The summed E-state index contributed by atoms with van der Waals surface area (Å²) in [4.78, 5) is 36.5. The third kappa shape index (κ3) is 4.37. The summed E-state index contributed by atoms with van der Waals surface area (Å²) in [6, 6.07) is 17.3. The lowest BCUT2D eigenvalue weighted by Crippen LogP contribution is -2.49. The number of carbonyl (C=O) groups is 2. The largest absolute Gasteiger partial charge is 0.457 e. The highest BCUT2D eigenvalue weighted by molar-refractivity contribution is 7.21. The summed E-state index contributed by atoms with van der Waals surface area (Å²) in [5.74, 6) is 1.26. The standard InChI is InChI=1S/C29H29N5O3S/c1-17-15-21(37-20-7-5-4-6-8-20)11-12-22(17)34-23-13-14-30-28-24(23)25(32-29(34)36)26(38-28)27(35)31-19-10-9-18(2)33(3)16-19/h4-8,11-15,18-19H,9-10,16H2,1-3H3,(H,31,35)(H,32,36)/t18-,19?/m1/s1. The van der Waals surface area contributed by atoms with Gasteiger partial charge in [-0.25, -0.2) is 9.78 Å².